The lowest BCUT2D eigenvalue weighted by Gasteiger charge is -2.16. The molecule has 112 valence electrons. The van der Waals surface area contributed by atoms with Crippen molar-refractivity contribution < 1.29 is 4.74 Å². The van der Waals surface area contributed by atoms with E-state index in [0.717, 1.165) is 37.2 Å². The first kappa shape index (κ1) is 13.2. The Morgan fingerprint density at radius 2 is 2.33 bits per heavy atom. The van der Waals surface area contributed by atoms with E-state index in [-0.39, 0.29) is 0 Å². The number of hydrogen-bond donors (Lipinski definition) is 0. The van der Waals surface area contributed by atoms with Gasteiger partial charge in [0.15, 0.2) is 5.65 Å². The highest BCUT2D eigenvalue weighted by Gasteiger charge is 2.27. The summed E-state index contributed by atoms with van der Waals surface area (Å²) in [5, 5.41) is 0. The highest BCUT2D eigenvalue weighted by molar-refractivity contribution is 5.71. The molecular weight excluding hydrogens is 264 g/mol. The molecule has 0 spiro atoms. The van der Waals surface area contributed by atoms with Gasteiger partial charge >= 0.3 is 0 Å². The zero-order valence-electron chi connectivity index (χ0n) is 12.5. The van der Waals surface area contributed by atoms with E-state index in [4.69, 9.17) is 9.72 Å². The molecule has 0 N–H and O–H groups in total. The highest BCUT2D eigenvalue weighted by Crippen LogP contribution is 2.28. The number of likely N-dealkylation sites (tertiary alicyclic amines) is 1. The monoisotopic (exact) mass is 286 g/mol. The minimum Gasteiger partial charge on any atom is -0.379 e. The molecule has 4 heterocycles. The van der Waals surface area contributed by atoms with Crippen molar-refractivity contribution in [1.29, 1.82) is 0 Å². The van der Waals surface area contributed by atoms with Crippen LogP contribution in [0.4, 0.5) is 0 Å². The lowest BCUT2D eigenvalue weighted by molar-refractivity contribution is 0.186. The second kappa shape index (κ2) is 5.39. The predicted octanol–water partition coefficient (Wildman–Crippen LogP) is 1.89. The van der Waals surface area contributed by atoms with Crippen molar-refractivity contribution in [2.45, 2.75) is 25.3 Å². The second-order valence-electron chi connectivity index (χ2n) is 6.38. The first-order valence-corrected chi connectivity index (χ1v) is 7.89. The van der Waals surface area contributed by atoms with Crippen LogP contribution in [0.15, 0.2) is 18.3 Å². The summed E-state index contributed by atoms with van der Waals surface area (Å²) in [7, 11) is 2.20. The normalized spacial score (nSPS) is 26.9. The van der Waals surface area contributed by atoms with Crippen molar-refractivity contribution in [2.24, 2.45) is 5.92 Å². The standard InChI is InChI=1S/C16H22N4O/c1-19-7-4-12(10-19)9-15-18-14-3-2-6-17-16(14)20(15)13-5-8-21-11-13/h2-3,6,12-13H,4-5,7-11H2,1H3. The van der Waals surface area contributed by atoms with E-state index in [2.05, 4.69) is 27.6 Å². The third kappa shape index (κ3) is 2.45. The Morgan fingerprint density at radius 3 is 3.10 bits per heavy atom. The summed E-state index contributed by atoms with van der Waals surface area (Å²) in [6, 6.07) is 4.44. The van der Waals surface area contributed by atoms with Gasteiger partial charge in [-0.2, -0.15) is 0 Å². The number of fused-ring (bicyclic) bond motifs is 1. The van der Waals surface area contributed by atoms with E-state index in [1.165, 1.54) is 25.3 Å². The van der Waals surface area contributed by atoms with Crippen LogP contribution in [0.1, 0.15) is 24.7 Å². The molecule has 2 unspecified atom stereocenters. The zero-order valence-corrected chi connectivity index (χ0v) is 12.5. The van der Waals surface area contributed by atoms with Gasteiger partial charge < -0.3 is 14.2 Å². The smallest absolute Gasteiger partial charge is 0.160 e. The molecule has 0 bridgehead atoms. The van der Waals surface area contributed by atoms with Crippen LogP contribution in [0.5, 0.6) is 0 Å². The molecule has 2 aromatic rings. The minimum atomic E-state index is 0.402. The van der Waals surface area contributed by atoms with Crippen LogP contribution in [0.25, 0.3) is 11.2 Å². The van der Waals surface area contributed by atoms with Crippen LogP contribution in [-0.4, -0.2) is 52.8 Å². The summed E-state index contributed by atoms with van der Waals surface area (Å²) in [6.45, 7) is 4.02. The molecule has 2 aliphatic rings. The van der Waals surface area contributed by atoms with Crippen molar-refractivity contribution in [3.05, 3.63) is 24.2 Å². The van der Waals surface area contributed by atoms with Gasteiger partial charge in [-0.3, -0.25) is 0 Å². The van der Waals surface area contributed by atoms with Crippen LogP contribution < -0.4 is 0 Å². The van der Waals surface area contributed by atoms with Crippen LogP contribution >= 0.6 is 0 Å². The molecule has 4 rings (SSSR count). The third-order valence-corrected chi connectivity index (χ3v) is 4.75. The summed E-state index contributed by atoms with van der Waals surface area (Å²) in [5.74, 6) is 1.91. The first-order chi connectivity index (χ1) is 10.3. The van der Waals surface area contributed by atoms with E-state index in [1.54, 1.807) is 0 Å². The number of ether oxygens (including phenoxy) is 1. The zero-order chi connectivity index (χ0) is 14.2. The molecule has 2 atom stereocenters. The molecule has 5 nitrogen and oxygen atoms in total. The summed E-state index contributed by atoms with van der Waals surface area (Å²) >= 11 is 0. The van der Waals surface area contributed by atoms with Gasteiger partial charge in [0.2, 0.25) is 0 Å². The Labute approximate surface area is 124 Å². The van der Waals surface area contributed by atoms with Crippen molar-refractivity contribution in [2.75, 3.05) is 33.4 Å². The van der Waals surface area contributed by atoms with Crippen molar-refractivity contribution in [3.8, 4) is 0 Å². The molecular formula is C16H22N4O. The van der Waals surface area contributed by atoms with Gasteiger partial charge in [-0.15, -0.1) is 0 Å². The number of aromatic nitrogens is 3. The quantitative estimate of drug-likeness (QED) is 0.864. The summed E-state index contributed by atoms with van der Waals surface area (Å²) < 4.78 is 7.94. The molecule has 0 saturated carbocycles. The highest BCUT2D eigenvalue weighted by atomic mass is 16.5. The molecule has 21 heavy (non-hydrogen) atoms. The number of hydrogen-bond acceptors (Lipinski definition) is 4. The van der Waals surface area contributed by atoms with Gasteiger partial charge in [-0.05, 0) is 44.5 Å². The molecule has 2 saturated heterocycles. The van der Waals surface area contributed by atoms with Gasteiger partial charge in [-0.25, -0.2) is 9.97 Å². The number of rotatable bonds is 3. The van der Waals surface area contributed by atoms with Crippen molar-refractivity contribution in [3.63, 3.8) is 0 Å². The molecule has 2 aliphatic heterocycles. The third-order valence-electron chi connectivity index (χ3n) is 4.75. The van der Waals surface area contributed by atoms with Crippen LogP contribution in [-0.2, 0) is 11.2 Å². The summed E-state index contributed by atoms with van der Waals surface area (Å²) in [4.78, 5) is 11.9. The fraction of sp³-hybridized carbons (Fsp3) is 0.625. The van der Waals surface area contributed by atoms with Crippen LogP contribution in [0.3, 0.4) is 0 Å². The topological polar surface area (TPSA) is 43.2 Å². The number of pyridine rings is 1. The van der Waals surface area contributed by atoms with E-state index in [1.807, 2.05) is 12.3 Å². The van der Waals surface area contributed by atoms with Gasteiger partial charge in [-0.1, -0.05) is 0 Å². The SMILES string of the molecule is CN1CCC(Cc2nc3cccnc3n2C2CCOC2)C1. The maximum Gasteiger partial charge on any atom is 0.160 e. The molecule has 0 aromatic carbocycles. The molecule has 0 aliphatic carbocycles. The van der Waals surface area contributed by atoms with Crippen molar-refractivity contribution >= 4 is 11.2 Å². The van der Waals surface area contributed by atoms with E-state index in [9.17, 15) is 0 Å². The number of imidazole rings is 1. The maximum absolute atomic E-state index is 5.59. The van der Waals surface area contributed by atoms with E-state index in [0.29, 0.717) is 12.0 Å². The lowest BCUT2D eigenvalue weighted by atomic mass is 10.0. The Morgan fingerprint density at radius 1 is 1.38 bits per heavy atom. The molecule has 2 fully saturated rings. The molecule has 0 radical (unpaired) electrons. The van der Waals surface area contributed by atoms with Gasteiger partial charge in [0.1, 0.15) is 11.3 Å². The van der Waals surface area contributed by atoms with Crippen LogP contribution in [0.2, 0.25) is 0 Å². The summed E-state index contributed by atoms with van der Waals surface area (Å²) in [6.07, 6.45) is 5.26. The Balaban J connectivity index is 1.70. The van der Waals surface area contributed by atoms with Gasteiger partial charge in [0, 0.05) is 25.8 Å². The second-order valence-corrected chi connectivity index (χ2v) is 6.38. The summed E-state index contributed by atoms with van der Waals surface area (Å²) in [5.41, 5.74) is 2.04. The Hall–Kier alpha value is -1.46. The van der Waals surface area contributed by atoms with Crippen molar-refractivity contribution in [1.82, 2.24) is 19.4 Å². The maximum atomic E-state index is 5.59. The van der Waals surface area contributed by atoms with E-state index < -0.39 is 0 Å². The predicted molar refractivity (Wildman–Crippen MR) is 81.3 cm³/mol. The molecule has 5 heteroatoms. The van der Waals surface area contributed by atoms with E-state index >= 15 is 0 Å². The fourth-order valence-corrected chi connectivity index (χ4v) is 3.68. The first-order valence-electron chi connectivity index (χ1n) is 7.89. The average molecular weight is 286 g/mol. The molecule has 2 aromatic heterocycles. The van der Waals surface area contributed by atoms with Gasteiger partial charge in [0.25, 0.3) is 0 Å². The minimum absolute atomic E-state index is 0.402. The van der Waals surface area contributed by atoms with Crippen LogP contribution in [0, 0.1) is 5.92 Å². The largest absolute Gasteiger partial charge is 0.379 e. The number of nitrogens with zero attached hydrogens (tertiary/aromatic N) is 4. The lowest BCUT2D eigenvalue weighted by Crippen LogP contribution is -2.18. The van der Waals surface area contributed by atoms with Gasteiger partial charge in [0.05, 0.1) is 12.6 Å². The fourth-order valence-electron chi connectivity index (χ4n) is 3.68. The Bertz CT molecular complexity index is 632. The molecule has 0 amide bonds. The Kier molecular flexibility index (Phi) is 3.39. The average Bonchev–Trinajstić information content (AvgIpc) is 3.18.